The van der Waals surface area contributed by atoms with Gasteiger partial charge in [0, 0.05) is 30.8 Å². The molecule has 0 saturated heterocycles. The number of fused-ring (bicyclic) bond motifs is 3. The Morgan fingerprint density at radius 2 is 1.64 bits per heavy atom. The van der Waals surface area contributed by atoms with E-state index in [1.165, 1.54) is 39.8 Å². The first-order valence-corrected chi connectivity index (χ1v) is 15.5. The summed E-state index contributed by atoms with van der Waals surface area (Å²) in [5.74, 6) is 2.15. The van der Waals surface area contributed by atoms with Crippen molar-refractivity contribution in [3.05, 3.63) is 57.7 Å². The second-order valence-corrected chi connectivity index (χ2v) is 12.5. The van der Waals surface area contributed by atoms with Gasteiger partial charge in [0.2, 0.25) is 0 Å². The van der Waals surface area contributed by atoms with Crippen LogP contribution in [0.1, 0.15) is 122 Å². The molecular formula is C35H55NO3. The SMILES string of the molecule is CC(C)=CCC/C(C)=C/CC/C(C)=C/CC[C@]1(C)CCc2c3c(cc(C)c2O1)OCN(CCCCCCO)C3. The van der Waals surface area contributed by atoms with Crippen LogP contribution in [-0.2, 0) is 13.0 Å². The fourth-order valence-electron chi connectivity index (χ4n) is 5.78. The molecule has 0 amide bonds. The maximum atomic E-state index is 9.00. The van der Waals surface area contributed by atoms with Crippen LogP contribution >= 0.6 is 0 Å². The van der Waals surface area contributed by atoms with E-state index in [0.717, 1.165) is 95.2 Å². The lowest BCUT2D eigenvalue weighted by Crippen LogP contribution is -2.38. The highest BCUT2D eigenvalue weighted by Gasteiger charge is 2.35. The minimum absolute atomic E-state index is 0.119. The third-order valence-corrected chi connectivity index (χ3v) is 8.35. The van der Waals surface area contributed by atoms with E-state index >= 15 is 0 Å². The maximum Gasteiger partial charge on any atom is 0.142 e. The van der Waals surface area contributed by atoms with Gasteiger partial charge in [-0.15, -0.1) is 0 Å². The van der Waals surface area contributed by atoms with Crippen LogP contribution in [0.15, 0.2) is 41.0 Å². The molecule has 3 rings (SSSR count). The molecule has 2 aliphatic rings. The molecule has 218 valence electrons. The van der Waals surface area contributed by atoms with Crippen LogP contribution in [0.3, 0.4) is 0 Å². The molecule has 0 spiro atoms. The molecule has 0 radical (unpaired) electrons. The van der Waals surface area contributed by atoms with E-state index in [-0.39, 0.29) is 5.60 Å². The van der Waals surface area contributed by atoms with Gasteiger partial charge in [-0.2, -0.15) is 0 Å². The fourth-order valence-corrected chi connectivity index (χ4v) is 5.78. The molecule has 0 saturated carbocycles. The second-order valence-electron chi connectivity index (χ2n) is 12.5. The Labute approximate surface area is 239 Å². The first-order valence-electron chi connectivity index (χ1n) is 15.5. The van der Waals surface area contributed by atoms with Gasteiger partial charge in [-0.3, -0.25) is 4.90 Å². The molecule has 0 unspecified atom stereocenters. The van der Waals surface area contributed by atoms with E-state index in [9.17, 15) is 0 Å². The number of allylic oxidation sites excluding steroid dienone is 6. The van der Waals surface area contributed by atoms with E-state index in [1.807, 2.05) is 0 Å². The summed E-state index contributed by atoms with van der Waals surface area (Å²) in [6, 6.07) is 2.19. The molecule has 4 heteroatoms. The predicted molar refractivity (Wildman–Crippen MR) is 165 cm³/mol. The van der Waals surface area contributed by atoms with Crippen molar-refractivity contribution in [1.82, 2.24) is 4.90 Å². The minimum Gasteiger partial charge on any atom is -0.487 e. The average Bonchev–Trinajstić information content (AvgIpc) is 2.89. The van der Waals surface area contributed by atoms with Gasteiger partial charge in [-0.1, -0.05) is 47.8 Å². The Hall–Kier alpha value is -2.04. The highest BCUT2D eigenvalue weighted by Crippen LogP contribution is 2.44. The van der Waals surface area contributed by atoms with Gasteiger partial charge >= 0.3 is 0 Å². The van der Waals surface area contributed by atoms with Gasteiger partial charge in [-0.25, -0.2) is 0 Å². The van der Waals surface area contributed by atoms with Gasteiger partial charge in [0.15, 0.2) is 0 Å². The quantitative estimate of drug-likeness (QED) is 0.179. The Balaban J connectivity index is 1.51. The van der Waals surface area contributed by atoms with Crippen molar-refractivity contribution in [2.75, 3.05) is 19.9 Å². The van der Waals surface area contributed by atoms with Crippen LogP contribution < -0.4 is 9.47 Å². The van der Waals surface area contributed by atoms with Crippen molar-refractivity contribution in [2.45, 2.75) is 131 Å². The zero-order valence-corrected chi connectivity index (χ0v) is 25.8. The van der Waals surface area contributed by atoms with Gasteiger partial charge in [0.05, 0.1) is 0 Å². The monoisotopic (exact) mass is 537 g/mol. The smallest absolute Gasteiger partial charge is 0.142 e. The van der Waals surface area contributed by atoms with Crippen molar-refractivity contribution in [2.24, 2.45) is 0 Å². The zero-order chi connectivity index (χ0) is 28.3. The Bertz CT molecular complexity index is 1020. The summed E-state index contributed by atoms with van der Waals surface area (Å²) in [4.78, 5) is 2.41. The molecule has 0 aromatic heterocycles. The molecule has 1 aromatic carbocycles. The molecule has 1 aromatic rings. The summed E-state index contributed by atoms with van der Waals surface area (Å²) in [5.41, 5.74) is 8.18. The fraction of sp³-hybridized carbons (Fsp3) is 0.657. The van der Waals surface area contributed by atoms with Crippen LogP contribution in [0.4, 0.5) is 0 Å². The van der Waals surface area contributed by atoms with E-state index in [0.29, 0.717) is 13.3 Å². The molecule has 0 aliphatic carbocycles. The van der Waals surface area contributed by atoms with E-state index < -0.39 is 0 Å². The first kappa shape index (κ1) is 31.5. The van der Waals surface area contributed by atoms with E-state index in [4.69, 9.17) is 14.6 Å². The van der Waals surface area contributed by atoms with Gasteiger partial charge in [-0.05, 0) is 117 Å². The number of hydrogen-bond acceptors (Lipinski definition) is 4. The summed E-state index contributed by atoms with van der Waals surface area (Å²) in [7, 11) is 0. The Morgan fingerprint density at radius 1 is 0.949 bits per heavy atom. The lowest BCUT2D eigenvalue weighted by Gasteiger charge is -2.39. The zero-order valence-electron chi connectivity index (χ0n) is 25.8. The minimum atomic E-state index is -0.119. The maximum absolute atomic E-state index is 9.00. The number of aliphatic hydroxyl groups excluding tert-OH is 1. The third kappa shape index (κ3) is 10.1. The lowest BCUT2D eigenvalue weighted by atomic mass is 9.85. The van der Waals surface area contributed by atoms with Crippen molar-refractivity contribution in [3.8, 4) is 11.5 Å². The average molecular weight is 538 g/mol. The molecule has 2 aliphatic heterocycles. The topological polar surface area (TPSA) is 41.9 Å². The Kier molecular flexibility index (Phi) is 12.7. The third-order valence-electron chi connectivity index (χ3n) is 8.35. The van der Waals surface area contributed by atoms with Crippen LogP contribution in [0.25, 0.3) is 0 Å². The first-order chi connectivity index (χ1) is 18.7. The molecule has 4 nitrogen and oxygen atoms in total. The van der Waals surface area contributed by atoms with E-state index in [1.54, 1.807) is 0 Å². The second kappa shape index (κ2) is 15.7. The number of nitrogens with zero attached hydrogens (tertiary/aromatic N) is 1. The number of ether oxygens (including phenoxy) is 2. The van der Waals surface area contributed by atoms with Crippen LogP contribution in [0.2, 0.25) is 0 Å². The normalized spacial score (nSPS) is 19.7. The molecule has 1 atom stereocenters. The molecular weight excluding hydrogens is 482 g/mol. The van der Waals surface area contributed by atoms with Gasteiger partial charge in [0.25, 0.3) is 0 Å². The summed E-state index contributed by atoms with van der Waals surface area (Å²) in [5, 5.41) is 9.00. The summed E-state index contributed by atoms with van der Waals surface area (Å²) >= 11 is 0. The largest absolute Gasteiger partial charge is 0.487 e. The summed E-state index contributed by atoms with van der Waals surface area (Å²) < 4.78 is 13.0. The Morgan fingerprint density at radius 3 is 2.36 bits per heavy atom. The van der Waals surface area contributed by atoms with Crippen LogP contribution in [0.5, 0.6) is 11.5 Å². The molecule has 2 heterocycles. The number of unbranched alkanes of at least 4 members (excludes halogenated alkanes) is 3. The molecule has 0 bridgehead atoms. The molecule has 1 N–H and O–H groups in total. The van der Waals surface area contributed by atoms with Gasteiger partial charge < -0.3 is 14.6 Å². The van der Waals surface area contributed by atoms with Crippen LogP contribution in [0, 0.1) is 6.92 Å². The van der Waals surface area contributed by atoms with Crippen molar-refractivity contribution in [3.63, 3.8) is 0 Å². The standard InChI is InChI=1S/C35H55NO3/c1-27(2)14-11-15-28(3)16-12-17-29(4)18-13-20-35(6)21-19-31-32-25-36(22-9-7-8-10-23-37)26-38-33(32)24-30(5)34(31)39-35/h14,16,18,24,37H,7-13,15,17,19-23,25-26H2,1-6H3/b28-16+,29-18+/t35-/m1/s1. The van der Waals surface area contributed by atoms with E-state index in [2.05, 4.69) is 70.7 Å². The number of hydrogen-bond donors (Lipinski definition) is 1. The number of aliphatic hydroxyl groups is 1. The van der Waals surface area contributed by atoms with Crippen molar-refractivity contribution in [1.29, 1.82) is 0 Å². The van der Waals surface area contributed by atoms with Crippen molar-refractivity contribution >= 4 is 0 Å². The van der Waals surface area contributed by atoms with Crippen molar-refractivity contribution < 1.29 is 14.6 Å². The predicted octanol–water partition coefficient (Wildman–Crippen LogP) is 8.98. The summed E-state index contributed by atoms with van der Waals surface area (Å²) in [6.07, 6.45) is 20.3. The van der Waals surface area contributed by atoms with Crippen LogP contribution in [-0.4, -0.2) is 35.5 Å². The number of aryl methyl sites for hydroxylation is 1. The van der Waals surface area contributed by atoms with Gasteiger partial charge in [0.1, 0.15) is 23.8 Å². The highest BCUT2D eigenvalue weighted by atomic mass is 16.5. The summed E-state index contributed by atoms with van der Waals surface area (Å²) in [6.45, 7) is 16.3. The lowest BCUT2D eigenvalue weighted by molar-refractivity contribution is 0.0524. The highest BCUT2D eigenvalue weighted by molar-refractivity contribution is 5.55. The number of rotatable bonds is 15. The molecule has 0 fully saturated rings. The number of benzene rings is 1. The molecule has 39 heavy (non-hydrogen) atoms.